The summed E-state index contributed by atoms with van der Waals surface area (Å²) in [6, 6.07) is 7.44. The highest BCUT2D eigenvalue weighted by Gasteiger charge is 2.25. The fraction of sp³-hybridized carbons (Fsp3) is 0.267. The highest BCUT2D eigenvalue weighted by molar-refractivity contribution is 9.10. The van der Waals surface area contributed by atoms with Crippen LogP contribution in [0.15, 0.2) is 28.7 Å². The van der Waals surface area contributed by atoms with Gasteiger partial charge in [-0.15, -0.1) is 0 Å². The first-order chi connectivity index (χ1) is 9.95. The van der Waals surface area contributed by atoms with Gasteiger partial charge in [-0.3, -0.25) is 4.79 Å². The number of hydrogen-bond acceptors (Lipinski definition) is 4. The molecule has 6 heteroatoms. The Hall–Kier alpha value is -1.95. The highest BCUT2D eigenvalue weighted by Crippen LogP contribution is 2.21. The van der Waals surface area contributed by atoms with Crippen LogP contribution in [0.25, 0.3) is 5.69 Å². The van der Waals surface area contributed by atoms with Gasteiger partial charge in [0.2, 0.25) is 0 Å². The van der Waals surface area contributed by atoms with Crippen molar-refractivity contribution in [1.82, 2.24) is 9.78 Å². The number of ketones is 1. The van der Waals surface area contributed by atoms with Crippen molar-refractivity contribution in [2.75, 3.05) is 6.61 Å². The Kier molecular flexibility index (Phi) is 4.57. The Morgan fingerprint density at radius 3 is 2.43 bits per heavy atom. The minimum atomic E-state index is -0.582. The normalized spacial score (nSPS) is 10.5. The average molecular weight is 351 g/mol. The van der Waals surface area contributed by atoms with E-state index in [0.717, 1.165) is 10.2 Å². The number of halogens is 1. The Bertz CT molecular complexity index is 690. The molecule has 0 aliphatic rings. The van der Waals surface area contributed by atoms with Crippen LogP contribution in [0.1, 0.15) is 40.4 Å². The molecule has 1 aromatic heterocycles. The maximum atomic E-state index is 12.0. The van der Waals surface area contributed by atoms with Crippen molar-refractivity contribution in [2.24, 2.45) is 0 Å². The molecule has 2 rings (SSSR count). The molecular weight excluding hydrogens is 336 g/mol. The van der Waals surface area contributed by atoms with Crippen molar-refractivity contribution < 1.29 is 14.3 Å². The third kappa shape index (κ3) is 3.05. The van der Waals surface area contributed by atoms with Gasteiger partial charge in [0, 0.05) is 4.47 Å². The summed E-state index contributed by atoms with van der Waals surface area (Å²) in [7, 11) is 0. The molecule has 0 unspecified atom stereocenters. The van der Waals surface area contributed by atoms with Gasteiger partial charge in [-0.1, -0.05) is 15.9 Å². The van der Waals surface area contributed by atoms with Gasteiger partial charge in [0.1, 0.15) is 0 Å². The van der Waals surface area contributed by atoms with E-state index in [4.69, 9.17) is 4.74 Å². The molecule has 0 amide bonds. The number of carbonyl (C=O) groups is 2. The van der Waals surface area contributed by atoms with Gasteiger partial charge >= 0.3 is 5.97 Å². The second kappa shape index (κ2) is 6.22. The van der Waals surface area contributed by atoms with E-state index in [1.54, 1.807) is 18.5 Å². The van der Waals surface area contributed by atoms with Gasteiger partial charge in [-0.25, -0.2) is 9.48 Å². The molecule has 2 aromatic rings. The summed E-state index contributed by atoms with van der Waals surface area (Å²) in [4.78, 5) is 23.8. The van der Waals surface area contributed by atoms with Crippen LogP contribution in [-0.4, -0.2) is 28.1 Å². The van der Waals surface area contributed by atoms with Crippen molar-refractivity contribution in [1.29, 1.82) is 0 Å². The van der Waals surface area contributed by atoms with E-state index >= 15 is 0 Å². The molecule has 110 valence electrons. The van der Waals surface area contributed by atoms with E-state index in [1.807, 2.05) is 24.3 Å². The number of hydrogen-bond donors (Lipinski definition) is 0. The molecule has 0 atom stereocenters. The molecule has 0 saturated heterocycles. The number of aromatic nitrogens is 2. The molecule has 0 bridgehead atoms. The lowest BCUT2D eigenvalue weighted by atomic mass is 10.1. The lowest BCUT2D eigenvalue weighted by Crippen LogP contribution is -2.10. The number of Topliss-reactive ketones (excluding diaryl/α,β-unsaturated/α-hetero) is 1. The van der Waals surface area contributed by atoms with Crippen molar-refractivity contribution in [3.63, 3.8) is 0 Å². The summed E-state index contributed by atoms with van der Waals surface area (Å²) in [6.45, 7) is 5.12. The van der Waals surface area contributed by atoms with Gasteiger partial charge in [0.15, 0.2) is 11.5 Å². The third-order valence-electron chi connectivity index (χ3n) is 3.01. The van der Waals surface area contributed by atoms with Crippen LogP contribution in [0.3, 0.4) is 0 Å². The maximum absolute atomic E-state index is 12.0. The highest BCUT2D eigenvalue weighted by atomic mass is 79.9. The first kappa shape index (κ1) is 15.4. The van der Waals surface area contributed by atoms with Gasteiger partial charge in [0.25, 0.3) is 0 Å². The largest absolute Gasteiger partial charge is 0.461 e. The number of rotatable bonds is 4. The predicted octanol–water partition coefficient (Wildman–Crippen LogP) is 3.32. The predicted molar refractivity (Wildman–Crippen MR) is 82.0 cm³/mol. The van der Waals surface area contributed by atoms with E-state index < -0.39 is 5.97 Å². The van der Waals surface area contributed by atoms with Crippen LogP contribution >= 0.6 is 15.9 Å². The van der Waals surface area contributed by atoms with Crippen LogP contribution in [0.4, 0.5) is 0 Å². The number of nitrogens with zero attached hydrogens (tertiary/aromatic N) is 2. The molecule has 5 nitrogen and oxygen atoms in total. The van der Waals surface area contributed by atoms with E-state index in [2.05, 4.69) is 21.0 Å². The van der Waals surface area contributed by atoms with Crippen LogP contribution in [0, 0.1) is 6.92 Å². The summed E-state index contributed by atoms with van der Waals surface area (Å²) in [5, 5.41) is 4.26. The number of benzene rings is 1. The minimum Gasteiger partial charge on any atom is -0.461 e. The average Bonchev–Trinajstić information content (AvgIpc) is 2.78. The van der Waals surface area contributed by atoms with Gasteiger partial charge < -0.3 is 4.74 Å². The van der Waals surface area contributed by atoms with Gasteiger partial charge in [0.05, 0.1) is 23.6 Å². The fourth-order valence-electron chi connectivity index (χ4n) is 2.10. The van der Waals surface area contributed by atoms with Crippen LogP contribution in [0.2, 0.25) is 0 Å². The van der Waals surface area contributed by atoms with Crippen LogP contribution < -0.4 is 0 Å². The monoisotopic (exact) mass is 350 g/mol. The Labute approximate surface area is 131 Å². The maximum Gasteiger partial charge on any atom is 0.359 e. The molecule has 0 aliphatic heterocycles. The molecule has 1 aromatic carbocycles. The molecular formula is C15H15BrN2O3. The Morgan fingerprint density at radius 2 is 1.90 bits per heavy atom. The van der Waals surface area contributed by atoms with E-state index in [-0.39, 0.29) is 18.1 Å². The smallest absolute Gasteiger partial charge is 0.359 e. The summed E-state index contributed by atoms with van der Waals surface area (Å²) >= 11 is 3.37. The summed E-state index contributed by atoms with van der Waals surface area (Å²) in [6.07, 6.45) is 0. The zero-order chi connectivity index (χ0) is 15.6. The molecule has 0 radical (unpaired) electrons. The van der Waals surface area contributed by atoms with Crippen molar-refractivity contribution >= 4 is 27.7 Å². The summed E-state index contributed by atoms with van der Waals surface area (Å²) < 4.78 is 7.48. The number of esters is 1. The van der Waals surface area contributed by atoms with Gasteiger partial charge in [-0.2, -0.15) is 5.10 Å². The number of carbonyl (C=O) groups excluding carboxylic acids is 2. The first-order valence-corrected chi connectivity index (χ1v) is 7.28. The topological polar surface area (TPSA) is 61.2 Å². The Morgan fingerprint density at radius 1 is 1.29 bits per heavy atom. The van der Waals surface area contributed by atoms with Crippen LogP contribution in [0.5, 0.6) is 0 Å². The quantitative estimate of drug-likeness (QED) is 0.626. The zero-order valence-corrected chi connectivity index (χ0v) is 13.6. The van der Waals surface area contributed by atoms with E-state index in [9.17, 15) is 9.59 Å². The lowest BCUT2D eigenvalue weighted by molar-refractivity contribution is 0.0516. The second-order valence-electron chi connectivity index (χ2n) is 4.47. The second-order valence-corrected chi connectivity index (χ2v) is 5.39. The molecule has 0 spiro atoms. The lowest BCUT2D eigenvalue weighted by Gasteiger charge is -2.04. The molecule has 0 saturated carbocycles. The van der Waals surface area contributed by atoms with E-state index in [0.29, 0.717) is 11.3 Å². The van der Waals surface area contributed by atoms with Crippen LogP contribution in [-0.2, 0) is 4.74 Å². The van der Waals surface area contributed by atoms with Gasteiger partial charge in [-0.05, 0) is 45.0 Å². The summed E-state index contributed by atoms with van der Waals surface area (Å²) in [5.41, 5.74) is 1.75. The third-order valence-corrected chi connectivity index (χ3v) is 3.54. The van der Waals surface area contributed by atoms with Crippen molar-refractivity contribution in [3.8, 4) is 5.69 Å². The molecule has 0 fully saturated rings. The summed E-state index contributed by atoms with van der Waals surface area (Å²) in [5.74, 6) is -0.791. The van der Waals surface area contributed by atoms with Crippen molar-refractivity contribution in [3.05, 3.63) is 45.7 Å². The molecule has 21 heavy (non-hydrogen) atoms. The fourth-order valence-corrected chi connectivity index (χ4v) is 2.36. The minimum absolute atomic E-state index is 0.0600. The molecule has 1 heterocycles. The van der Waals surface area contributed by atoms with E-state index in [1.165, 1.54) is 6.92 Å². The SMILES string of the molecule is CCOC(=O)c1nn(-c2ccc(Br)cc2)c(C)c1C(C)=O. The van der Waals surface area contributed by atoms with Crippen molar-refractivity contribution in [2.45, 2.75) is 20.8 Å². The first-order valence-electron chi connectivity index (χ1n) is 6.49. The molecule has 0 N–H and O–H groups in total. The number of ether oxygens (including phenoxy) is 1. The zero-order valence-electron chi connectivity index (χ0n) is 12.0. The molecule has 0 aliphatic carbocycles. The Balaban J connectivity index is 2.58. The standard InChI is InChI=1S/C15H15BrN2O3/c1-4-21-15(20)14-13(10(3)19)9(2)18(17-14)12-7-5-11(16)6-8-12/h5-8H,4H2,1-3H3.